The zero-order valence-electron chi connectivity index (χ0n) is 40.0. The first-order valence-electron chi connectivity index (χ1n) is 25.1. The van der Waals surface area contributed by atoms with E-state index in [4.69, 9.17) is 28.4 Å². The summed E-state index contributed by atoms with van der Waals surface area (Å²) in [5.74, 6) is 1.56. The Kier molecular flexibility index (Phi) is 16.7. The van der Waals surface area contributed by atoms with Crippen LogP contribution >= 0.6 is 0 Å². The van der Waals surface area contributed by atoms with Crippen LogP contribution < -0.4 is 9.47 Å². The van der Waals surface area contributed by atoms with E-state index < -0.39 is 11.2 Å². The Morgan fingerprint density at radius 2 is 0.632 bits per heavy atom. The summed E-state index contributed by atoms with van der Waals surface area (Å²) in [5.41, 5.74) is 3.48. The molecule has 356 valence electrons. The Balaban J connectivity index is 1.05. The third-order valence-corrected chi connectivity index (χ3v) is 14.0. The van der Waals surface area contributed by atoms with Gasteiger partial charge in [-0.15, -0.1) is 0 Å². The summed E-state index contributed by atoms with van der Waals surface area (Å²) < 4.78 is 38.6. The fourth-order valence-corrected chi connectivity index (χ4v) is 10.7. The molecule has 0 aromatic heterocycles. The number of esters is 2. The van der Waals surface area contributed by atoms with Gasteiger partial charge in [0.2, 0.25) is 0 Å². The predicted octanol–water partition coefficient (Wildman–Crippen LogP) is 13.7. The molecule has 0 N–H and O–H groups in total. The maximum Gasteiger partial charge on any atom is 0.337 e. The molecule has 8 rings (SSSR count). The Morgan fingerprint density at radius 3 is 0.956 bits per heavy atom. The third kappa shape index (κ3) is 10.9. The van der Waals surface area contributed by atoms with Crippen molar-refractivity contribution >= 4 is 11.9 Å². The number of hydrogen-bond acceptors (Lipinski definition) is 8. The lowest BCUT2D eigenvalue weighted by Gasteiger charge is -2.37. The standard InChI is InChI=1S/C60H68O8/c1-45-55-51(59(67-45,47-29-13-9-14-30-47)48-31-15-10-16-32-48)37-21-3-4-22-38-52-56(46(2)68-60(52,49-33-17-11-18-34-49)50-35-19-12-20-36-50)58(62)66-44-28-8-6-26-42-64-54-40-24-23-39-53(54)63-41-25-5-7-27-43-65-57(55)61/h9-20,23-24,29-36,39-40,51-52H,3-8,21-22,25-28,37-38,41-44H2,1-2H3. The van der Waals surface area contributed by atoms with Gasteiger partial charge in [-0.2, -0.15) is 0 Å². The second-order valence-corrected chi connectivity index (χ2v) is 18.4. The van der Waals surface area contributed by atoms with E-state index in [1.165, 1.54) is 0 Å². The number of hydrogen-bond donors (Lipinski definition) is 0. The van der Waals surface area contributed by atoms with Crippen molar-refractivity contribution in [3.8, 4) is 11.5 Å². The Morgan fingerprint density at radius 1 is 0.353 bits per heavy atom. The van der Waals surface area contributed by atoms with Crippen LogP contribution in [0.25, 0.3) is 0 Å². The van der Waals surface area contributed by atoms with Crippen molar-refractivity contribution in [2.24, 2.45) is 11.8 Å². The summed E-state index contributed by atoms with van der Waals surface area (Å²) in [5, 5.41) is 0. The van der Waals surface area contributed by atoms with Gasteiger partial charge in [0.05, 0.1) is 37.6 Å². The number of rotatable bonds is 4. The number of para-hydroxylation sites is 2. The summed E-state index contributed by atoms with van der Waals surface area (Å²) >= 11 is 0. The third-order valence-electron chi connectivity index (χ3n) is 14.0. The SMILES string of the molecule is CC1=C2C(=O)OCCCCCCOc3ccccc3OCCCCCCOC(=O)C3=C(C)OC(c4ccccc4)(c4ccccc4)C3CCCCCCC2C(c2ccccc2)(c2ccccc2)O1. The molecule has 2 unspecified atom stereocenters. The maximum absolute atomic E-state index is 14.3. The van der Waals surface area contributed by atoms with Crippen molar-refractivity contribution in [3.63, 3.8) is 0 Å². The smallest absolute Gasteiger partial charge is 0.337 e. The minimum atomic E-state index is -0.896. The van der Waals surface area contributed by atoms with E-state index in [9.17, 15) is 9.59 Å². The highest BCUT2D eigenvalue weighted by atomic mass is 16.6. The Hall–Kier alpha value is -6.28. The second kappa shape index (κ2) is 23.6. The normalized spacial score (nSPS) is 21.5. The zero-order valence-corrected chi connectivity index (χ0v) is 40.0. The summed E-state index contributed by atoms with van der Waals surface area (Å²) in [6.45, 7) is 5.66. The fourth-order valence-electron chi connectivity index (χ4n) is 10.7. The molecule has 0 aliphatic carbocycles. The molecular weight excluding hydrogens is 849 g/mol. The van der Waals surface area contributed by atoms with Crippen molar-refractivity contribution in [1.29, 1.82) is 0 Å². The molecule has 3 aliphatic heterocycles. The topological polar surface area (TPSA) is 89.5 Å². The van der Waals surface area contributed by atoms with Gasteiger partial charge in [-0.25, -0.2) is 9.59 Å². The molecule has 0 saturated heterocycles. The zero-order chi connectivity index (χ0) is 47.0. The molecule has 0 bridgehead atoms. The van der Waals surface area contributed by atoms with Gasteiger partial charge in [-0.1, -0.05) is 159 Å². The fraction of sp³-hybridized carbons (Fsp3) is 0.400. The molecule has 0 saturated carbocycles. The molecule has 68 heavy (non-hydrogen) atoms. The van der Waals surface area contributed by atoms with Crippen LogP contribution in [0.1, 0.15) is 126 Å². The first-order valence-corrected chi connectivity index (χ1v) is 25.1. The predicted molar refractivity (Wildman–Crippen MR) is 266 cm³/mol. The largest absolute Gasteiger partial charge is 0.490 e. The minimum Gasteiger partial charge on any atom is -0.490 e. The average molecular weight is 917 g/mol. The molecule has 3 aliphatic rings. The van der Waals surface area contributed by atoms with E-state index in [1.807, 2.05) is 111 Å². The second-order valence-electron chi connectivity index (χ2n) is 18.4. The highest BCUT2D eigenvalue weighted by molar-refractivity contribution is 5.91. The van der Waals surface area contributed by atoms with Gasteiger partial charge >= 0.3 is 11.9 Å². The van der Waals surface area contributed by atoms with Crippen LogP contribution in [-0.2, 0) is 39.7 Å². The van der Waals surface area contributed by atoms with Crippen molar-refractivity contribution < 1.29 is 38.0 Å². The molecule has 0 spiro atoms. The molecule has 3 heterocycles. The van der Waals surface area contributed by atoms with E-state index in [2.05, 4.69) is 48.5 Å². The van der Waals surface area contributed by atoms with E-state index in [1.54, 1.807) is 0 Å². The van der Waals surface area contributed by atoms with E-state index in [0.717, 1.165) is 124 Å². The first-order chi connectivity index (χ1) is 33.4. The number of cyclic esters (lactones) is 2. The summed E-state index contributed by atoms with van der Waals surface area (Å²) in [6, 6.07) is 49.1. The van der Waals surface area contributed by atoms with Gasteiger partial charge in [-0.3, -0.25) is 0 Å². The van der Waals surface area contributed by atoms with Crippen LogP contribution in [0, 0.1) is 11.8 Å². The highest BCUT2D eigenvalue weighted by Crippen LogP contribution is 2.55. The van der Waals surface area contributed by atoms with Crippen molar-refractivity contribution in [1.82, 2.24) is 0 Å². The van der Waals surface area contributed by atoms with Crippen molar-refractivity contribution in [2.75, 3.05) is 26.4 Å². The average Bonchev–Trinajstić information content (AvgIpc) is 3.85. The summed E-state index contributed by atoms with van der Waals surface area (Å²) in [6.07, 6.45) is 12.1. The van der Waals surface area contributed by atoms with E-state index in [-0.39, 0.29) is 23.8 Å². The highest BCUT2D eigenvalue weighted by Gasteiger charge is 2.55. The molecule has 8 nitrogen and oxygen atoms in total. The molecule has 2 atom stereocenters. The molecule has 0 radical (unpaired) electrons. The van der Waals surface area contributed by atoms with Gasteiger partial charge in [0, 0.05) is 34.1 Å². The molecule has 5 aromatic carbocycles. The van der Waals surface area contributed by atoms with Crippen LogP contribution in [-0.4, -0.2) is 38.4 Å². The van der Waals surface area contributed by atoms with E-state index >= 15 is 0 Å². The molecular formula is C60H68O8. The van der Waals surface area contributed by atoms with E-state index in [0.29, 0.717) is 49.1 Å². The molecule has 0 fully saturated rings. The van der Waals surface area contributed by atoms with Crippen LogP contribution in [0.3, 0.4) is 0 Å². The van der Waals surface area contributed by atoms with Crippen molar-refractivity contribution in [3.05, 3.63) is 191 Å². The number of carbonyl (C=O) groups excluding carboxylic acids is 2. The number of fused-ring (bicyclic) bond motifs is 3. The Labute approximate surface area is 403 Å². The molecule has 5 aromatic rings. The Bertz CT molecular complexity index is 2190. The maximum atomic E-state index is 14.3. The van der Waals surface area contributed by atoms with Gasteiger partial charge in [-0.05, 0) is 90.2 Å². The first kappa shape index (κ1) is 48.2. The van der Waals surface area contributed by atoms with Gasteiger partial charge in [0.25, 0.3) is 0 Å². The van der Waals surface area contributed by atoms with Gasteiger partial charge < -0.3 is 28.4 Å². The van der Waals surface area contributed by atoms with Gasteiger partial charge in [0.1, 0.15) is 11.5 Å². The lowest BCUT2D eigenvalue weighted by molar-refractivity contribution is -0.141. The number of carbonyl (C=O) groups is 2. The summed E-state index contributed by atoms with van der Waals surface area (Å²) in [4.78, 5) is 28.7. The number of ether oxygens (including phenoxy) is 6. The number of allylic oxidation sites excluding steroid dienone is 2. The van der Waals surface area contributed by atoms with Crippen LogP contribution in [0.2, 0.25) is 0 Å². The van der Waals surface area contributed by atoms with Crippen LogP contribution in [0.4, 0.5) is 0 Å². The van der Waals surface area contributed by atoms with Gasteiger partial charge in [0.15, 0.2) is 22.7 Å². The molecule has 8 heteroatoms. The monoisotopic (exact) mass is 916 g/mol. The minimum absolute atomic E-state index is 0.275. The summed E-state index contributed by atoms with van der Waals surface area (Å²) in [7, 11) is 0. The lowest BCUT2D eigenvalue weighted by Crippen LogP contribution is -2.37. The number of benzene rings is 5. The quantitative estimate of drug-likeness (QED) is 0.165. The molecule has 0 amide bonds. The van der Waals surface area contributed by atoms with Crippen LogP contribution in [0.15, 0.2) is 168 Å². The van der Waals surface area contributed by atoms with Crippen LogP contribution in [0.5, 0.6) is 11.5 Å². The van der Waals surface area contributed by atoms with Crippen molar-refractivity contribution in [2.45, 2.75) is 115 Å². The lowest BCUT2D eigenvalue weighted by atomic mass is 9.71.